The van der Waals surface area contributed by atoms with Gasteiger partial charge in [-0.2, -0.15) is 5.26 Å². The topological polar surface area (TPSA) is 83.1 Å². The maximum absolute atomic E-state index is 13.8. The Kier molecular flexibility index (Phi) is 5.29. The van der Waals surface area contributed by atoms with Crippen molar-refractivity contribution in [2.45, 2.75) is 6.54 Å². The number of rotatable bonds is 3. The summed E-state index contributed by atoms with van der Waals surface area (Å²) in [5.41, 5.74) is 1.22. The van der Waals surface area contributed by atoms with E-state index in [-0.39, 0.29) is 17.9 Å². The zero-order valence-electron chi connectivity index (χ0n) is 13.8. The van der Waals surface area contributed by atoms with Crippen LogP contribution in [0.15, 0.2) is 58.6 Å². The molecule has 0 saturated carbocycles. The zero-order chi connectivity index (χ0) is 18.5. The second-order valence-electron chi connectivity index (χ2n) is 5.33. The Balaban J connectivity index is 1.98. The van der Waals surface area contributed by atoms with E-state index in [1.165, 1.54) is 28.7 Å². The van der Waals surface area contributed by atoms with Gasteiger partial charge in [0.2, 0.25) is 0 Å². The number of amidine groups is 1. The first-order chi connectivity index (χ1) is 12.6. The van der Waals surface area contributed by atoms with Gasteiger partial charge in [-0.3, -0.25) is 14.7 Å². The first-order valence-corrected chi connectivity index (χ1v) is 8.85. The Hall–Kier alpha value is -3.18. The van der Waals surface area contributed by atoms with E-state index in [4.69, 9.17) is 5.26 Å². The van der Waals surface area contributed by atoms with Crippen molar-refractivity contribution >= 4 is 33.5 Å². The highest BCUT2D eigenvalue weighted by Crippen LogP contribution is 2.19. The third-order valence-corrected chi connectivity index (χ3v) is 4.27. The van der Waals surface area contributed by atoms with Crippen LogP contribution in [0.4, 0.5) is 10.1 Å². The number of hydrogen-bond donors (Lipinski definition) is 1. The van der Waals surface area contributed by atoms with Crippen molar-refractivity contribution in [1.82, 2.24) is 14.9 Å². The smallest absolute Gasteiger partial charge is 0.261 e. The molecule has 0 atom stereocenters. The Morgan fingerprint density at radius 1 is 1.38 bits per heavy atom. The third-order valence-electron chi connectivity index (χ3n) is 3.69. The molecule has 0 spiro atoms. The number of fused-ring (bicyclic) bond motifs is 1. The lowest BCUT2D eigenvalue weighted by molar-refractivity contribution is 0.595. The Morgan fingerprint density at radius 2 is 2.19 bits per heavy atom. The summed E-state index contributed by atoms with van der Waals surface area (Å²) in [6, 6.07) is 11.3. The van der Waals surface area contributed by atoms with Gasteiger partial charge in [0, 0.05) is 5.56 Å². The van der Waals surface area contributed by atoms with Gasteiger partial charge >= 0.3 is 0 Å². The highest BCUT2D eigenvalue weighted by atomic mass is 32.2. The predicted molar refractivity (Wildman–Crippen MR) is 101 cm³/mol. The van der Waals surface area contributed by atoms with Crippen LogP contribution in [0.3, 0.4) is 0 Å². The van der Waals surface area contributed by atoms with E-state index in [0.29, 0.717) is 27.3 Å². The molecule has 2 aromatic carbocycles. The number of halogens is 1. The summed E-state index contributed by atoms with van der Waals surface area (Å²) >= 11 is 1.30. The van der Waals surface area contributed by atoms with Gasteiger partial charge in [0.15, 0.2) is 11.4 Å². The minimum absolute atomic E-state index is 0.108. The predicted octanol–water partition coefficient (Wildman–Crippen LogP) is 3.01. The van der Waals surface area contributed by atoms with Crippen molar-refractivity contribution < 1.29 is 4.39 Å². The summed E-state index contributed by atoms with van der Waals surface area (Å²) in [5.74, 6) is -0.362. The Labute approximate surface area is 153 Å². The molecule has 6 nitrogen and oxygen atoms in total. The summed E-state index contributed by atoms with van der Waals surface area (Å²) in [6.07, 6.45) is 5.01. The lowest BCUT2D eigenvalue weighted by atomic mass is 10.2. The van der Waals surface area contributed by atoms with Crippen LogP contribution < -0.4 is 10.9 Å². The van der Waals surface area contributed by atoms with Crippen LogP contribution >= 0.6 is 11.8 Å². The monoisotopic (exact) mass is 367 g/mol. The summed E-state index contributed by atoms with van der Waals surface area (Å²) in [6.45, 7) is 0.108. The minimum Gasteiger partial charge on any atom is -0.294 e. The number of thioether (sulfide) groups is 1. The fourth-order valence-electron chi connectivity index (χ4n) is 2.43. The molecule has 1 N–H and O–H groups in total. The SMILES string of the molecule is CSC(=Nc1ccc2c(=O)n(Cc3ccccc3F)cnc2c1)NC#N. The molecule has 0 saturated heterocycles. The molecule has 0 radical (unpaired) electrons. The molecule has 0 unspecified atom stereocenters. The molecular formula is C18H14FN5OS. The van der Waals surface area contributed by atoms with Crippen LogP contribution in [0, 0.1) is 17.3 Å². The average Bonchev–Trinajstić information content (AvgIpc) is 2.65. The van der Waals surface area contributed by atoms with Gasteiger partial charge in [0.05, 0.1) is 29.5 Å². The van der Waals surface area contributed by atoms with Crippen LogP contribution in [0.25, 0.3) is 10.9 Å². The second kappa shape index (κ2) is 7.80. The molecule has 0 aliphatic rings. The molecule has 8 heteroatoms. The van der Waals surface area contributed by atoms with Crippen molar-refractivity contribution in [2.75, 3.05) is 6.26 Å². The molecule has 0 amide bonds. The molecule has 130 valence electrons. The molecule has 1 heterocycles. The van der Waals surface area contributed by atoms with Crippen molar-refractivity contribution in [1.29, 1.82) is 5.26 Å². The van der Waals surface area contributed by atoms with Gasteiger partial charge < -0.3 is 0 Å². The number of nitriles is 1. The quantitative estimate of drug-likeness (QED) is 0.333. The molecular weight excluding hydrogens is 353 g/mol. The van der Waals surface area contributed by atoms with E-state index < -0.39 is 0 Å². The van der Waals surface area contributed by atoms with Crippen molar-refractivity contribution in [3.8, 4) is 6.19 Å². The van der Waals surface area contributed by atoms with Gasteiger partial charge in [0.25, 0.3) is 5.56 Å². The lowest BCUT2D eigenvalue weighted by Crippen LogP contribution is -2.21. The van der Waals surface area contributed by atoms with Crippen LogP contribution in [-0.2, 0) is 6.54 Å². The number of hydrogen-bond acceptors (Lipinski definition) is 5. The number of aromatic nitrogens is 2. The standard InChI is InChI=1S/C18H14FN5OS/c1-26-18(21-10-20)23-13-6-7-14-16(8-13)22-11-24(17(14)25)9-12-4-2-3-5-15(12)19/h2-8,11H,9H2,1H3,(H,21,23). The summed E-state index contributed by atoms with van der Waals surface area (Å²) in [4.78, 5) is 21.2. The van der Waals surface area contributed by atoms with Gasteiger partial charge in [-0.15, -0.1) is 0 Å². The average molecular weight is 367 g/mol. The summed E-state index contributed by atoms with van der Waals surface area (Å²) in [7, 11) is 0. The Morgan fingerprint density at radius 3 is 2.92 bits per heavy atom. The summed E-state index contributed by atoms with van der Waals surface area (Å²) in [5, 5.41) is 12.0. The summed E-state index contributed by atoms with van der Waals surface area (Å²) < 4.78 is 15.2. The molecule has 1 aromatic heterocycles. The fourth-order valence-corrected chi connectivity index (χ4v) is 2.77. The van der Waals surface area contributed by atoms with E-state index >= 15 is 0 Å². The Bertz CT molecular complexity index is 1090. The maximum Gasteiger partial charge on any atom is 0.261 e. The number of nitrogens with one attached hydrogen (secondary N) is 1. The zero-order valence-corrected chi connectivity index (χ0v) is 14.6. The molecule has 0 aliphatic carbocycles. The van der Waals surface area contributed by atoms with Gasteiger partial charge in [-0.25, -0.2) is 14.4 Å². The molecule has 26 heavy (non-hydrogen) atoms. The number of benzene rings is 2. The molecule has 0 fully saturated rings. The van der Waals surface area contributed by atoms with Gasteiger partial charge in [-0.1, -0.05) is 30.0 Å². The van der Waals surface area contributed by atoms with Gasteiger partial charge in [-0.05, 0) is 30.5 Å². The first kappa shape index (κ1) is 17.6. The largest absolute Gasteiger partial charge is 0.294 e. The first-order valence-electron chi connectivity index (χ1n) is 7.63. The molecule has 0 aliphatic heterocycles. The van der Waals surface area contributed by atoms with Crippen LogP contribution in [0.5, 0.6) is 0 Å². The van der Waals surface area contributed by atoms with Crippen molar-refractivity contribution in [3.05, 3.63) is 70.5 Å². The highest BCUT2D eigenvalue weighted by molar-refractivity contribution is 8.13. The maximum atomic E-state index is 13.8. The van der Waals surface area contributed by atoms with Crippen LogP contribution in [0.2, 0.25) is 0 Å². The van der Waals surface area contributed by atoms with E-state index in [0.717, 1.165) is 0 Å². The number of nitrogens with zero attached hydrogens (tertiary/aromatic N) is 4. The van der Waals surface area contributed by atoms with Gasteiger partial charge in [0.1, 0.15) is 5.82 Å². The normalized spacial score (nSPS) is 11.3. The number of aliphatic imine (C=N–C) groups is 1. The van der Waals surface area contributed by atoms with Crippen molar-refractivity contribution in [3.63, 3.8) is 0 Å². The molecule has 3 aromatic rings. The third kappa shape index (κ3) is 3.73. The lowest BCUT2D eigenvalue weighted by Gasteiger charge is -2.08. The molecule has 0 bridgehead atoms. The van der Waals surface area contributed by atoms with Crippen LogP contribution in [0.1, 0.15) is 5.56 Å². The highest BCUT2D eigenvalue weighted by Gasteiger charge is 2.08. The molecule has 3 rings (SSSR count). The van der Waals surface area contributed by atoms with E-state index in [1.54, 1.807) is 42.7 Å². The van der Waals surface area contributed by atoms with E-state index in [1.807, 2.05) is 6.19 Å². The van der Waals surface area contributed by atoms with E-state index in [9.17, 15) is 9.18 Å². The van der Waals surface area contributed by atoms with Crippen molar-refractivity contribution in [2.24, 2.45) is 4.99 Å². The second-order valence-corrected chi connectivity index (χ2v) is 6.12. The minimum atomic E-state index is -0.362. The van der Waals surface area contributed by atoms with Crippen LogP contribution in [-0.4, -0.2) is 21.0 Å². The fraction of sp³-hybridized carbons (Fsp3) is 0.111. The van der Waals surface area contributed by atoms with E-state index in [2.05, 4.69) is 15.3 Å².